The van der Waals surface area contributed by atoms with E-state index in [0.29, 0.717) is 11.6 Å². The van der Waals surface area contributed by atoms with Crippen LogP contribution in [-0.2, 0) is 0 Å². The van der Waals surface area contributed by atoms with Crippen LogP contribution in [0.4, 0.5) is 0 Å². The molecule has 2 nitrogen and oxygen atoms in total. The highest BCUT2D eigenvalue weighted by molar-refractivity contribution is 5.02. The molecule has 1 rings (SSSR count). The molecule has 0 saturated heterocycles. The third-order valence-electron chi connectivity index (χ3n) is 4.80. The van der Waals surface area contributed by atoms with Gasteiger partial charge in [-0.3, -0.25) is 4.90 Å². The predicted octanol–water partition coefficient (Wildman–Crippen LogP) is 3.01. The Hall–Kier alpha value is -0.0800. The Kier molecular flexibility index (Phi) is 5.26. The fourth-order valence-electron chi connectivity index (χ4n) is 3.76. The predicted molar refractivity (Wildman–Crippen MR) is 71.6 cm³/mol. The zero-order valence-corrected chi connectivity index (χ0v) is 11.6. The zero-order chi connectivity index (χ0) is 12.2. The highest BCUT2D eigenvalue weighted by Gasteiger charge is 2.45. The van der Waals surface area contributed by atoms with Crippen molar-refractivity contribution in [2.75, 3.05) is 13.1 Å². The molecular weight excluding hydrogens is 196 g/mol. The lowest BCUT2D eigenvalue weighted by molar-refractivity contribution is 0.0256. The van der Waals surface area contributed by atoms with E-state index >= 15 is 0 Å². The summed E-state index contributed by atoms with van der Waals surface area (Å²) >= 11 is 0. The maximum absolute atomic E-state index is 6.16. The first kappa shape index (κ1) is 14.0. The van der Waals surface area contributed by atoms with E-state index in [2.05, 4.69) is 32.6 Å². The van der Waals surface area contributed by atoms with Gasteiger partial charge in [0, 0.05) is 18.1 Å². The molecule has 96 valence electrons. The van der Waals surface area contributed by atoms with Gasteiger partial charge in [0.25, 0.3) is 0 Å². The second-order valence-electron chi connectivity index (χ2n) is 5.35. The molecule has 0 heterocycles. The van der Waals surface area contributed by atoms with Gasteiger partial charge < -0.3 is 5.73 Å². The molecule has 1 fully saturated rings. The van der Waals surface area contributed by atoms with Gasteiger partial charge in [-0.1, -0.05) is 33.6 Å². The van der Waals surface area contributed by atoms with Gasteiger partial charge in [-0.2, -0.15) is 0 Å². The van der Waals surface area contributed by atoms with Gasteiger partial charge in [-0.05, 0) is 38.6 Å². The van der Waals surface area contributed by atoms with E-state index in [0.717, 1.165) is 19.0 Å². The minimum absolute atomic E-state index is 0.304. The van der Waals surface area contributed by atoms with Gasteiger partial charge in [0.15, 0.2) is 0 Å². The van der Waals surface area contributed by atoms with Crippen LogP contribution in [0.1, 0.15) is 59.8 Å². The van der Waals surface area contributed by atoms with Gasteiger partial charge in [-0.25, -0.2) is 0 Å². The zero-order valence-electron chi connectivity index (χ0n) is 11.6. The summed E-state index contributed by atoms with van der Waals surface area (Å²) in [4.78, 5) is 2.69. The lowest BCUT2D eigenvalue weighted by Gasteiger charge is -2.47. The van der Waals surface area contributed by atoms with Gasteiger partial charge in [0.1, 0.15) is 0 Å². The second-order valence-corrected chi connectivity index (χ2v) is 5.35. The van der Waals surface area contributed by atoms with Crippen LogP contribution in [0.15, 0.2) is 0 Å². The highest BCUT2D eigenvalue weighted by Crippen LogP contribution is 2.42. The maximum Gasteiger partial charge on any atom is 0.0362 e. The molecule has 3 atom stereocenters. The van der Waals surface area contributed by atoms with Crippen molar-refractivity contribution in [2.24, 2.45) is 11.7 Å². The van der Waals surface area contributed by atoms with Gasteiger partial charge in [0.05, 0.1) is 0 Å². The third-order valence-corrected chi connectivity index (χ3v) is 4.80. The van der Waals surface area contributed by atoms with Crippen LogP contribution in [0.5, 0.6) is 0 Å². The monoisotopic (exact) mass is 226 g/mol. The molecule has 1 aliphatic rings. The fourth-order valence-corrected chi connectivity index (χ4v) is 3.76. The van der Waals surface area contributed by atoms with Gasteiger partial charge in [-0.15, -0.1) is 0 Å². The first-order valence-corrected chi connectivity index (χ1v) is 7.13. The SMILES string of the molecule is CCC(C)N(CC)C1(CN)CCCC1CC. The number of hydrogen-bond donors (Lipinski definition) is 1. The molecule has 1 saturated carbocycles. The first-order valence-electron chi connectivity index (χ1n) is 7.13. The Morgan fingerprint density at radius 2 is 2.06 bits per heavy atom. The smallest absolute Gasteiger partial charge is 0.0362 e. The Morgan fingerprint density at radius 1 is 1.38 bits per heavy atom. The Bertz CT molecular complexity index is 205. The Morgan fingerprint density at radius 3 is 2.50 bits per heavy atom. The summed E-state index contributed by atoms with van der Waals surface area (Å²) in [5.41, 5.74) is 6.47. The van der Waals surface area contributed by atoms with E-state index in [9.17, 15) is 0 Å². The molecule has 0 bridgehead atoms. The molecule has 0 spiro atoms. The molecule has 0 aromatic rings. The lowest BCUT2D eigenvalue weighted by Crippen LogP contribution is -2.59. The standard InChI is InChI=1S/C14H30N2/c1-5-12(4)16(7-3)14(11-15)10-8-9-13(14)6-2/h12-13H,5-11,15H2,1-4H3. The molecule has 2 heteroatoms. The summed E-state index contributed by atoms with van der Waals surface area (Å²) < 4.78 is 0. The molecule has 1 aliphatic carbocycles. The number of rotatable bonds is 6. The highest BCUT2D eigenvalue weighted by atomic mass is 15.2. The van der Waals surface area contributed by atoms with Crippen LogP contribution in [0.25, 0.3) is 0 Å². The van der Waals surface area contributed by atoms with Crippen molar-refractivity contribution >= 4 is 0 Å². The topological polar surface area (TPSA) is 29.3 Å². The van der Waals surface area contributed by atoms with Crippen molar-refractivity contribution in [3.63, 3.8) is 0 Å². The quantitative estimate of drug-likeness (QED) is 0.754. The molecule has 0 radical (unpaired) electrons. The summed E-state index contributed by atoms with van der Waals surface area (Å²) in [6, 6.07) is 0.667. The maximum atomic E-state index is 6.16. The van der Waals surface area contributed by atoms with E-state index in [1.54, 1.807) is 0 Å². The summed E-state index contributed by atoms with van der Waals surface area (Å²) in [7, 11) is 0. The van der Waals surface area contributed by atoms with Crippen molar-refractivity contribution < 1.29 is 0 Å². The van der Waals surface area contributed by atoms with Crippen LogP contribution in [0, 0.1) is 5.92 Å². The number of nitrogens with two attached hydrogens (primary N) is 1. The summed E-state index contributed by atoms with van der Waals surface area (Å²) in [6.07, 6.45) is 6.56. The number of likely N-dealkylation sites (N-methyl/N-ethyl adjacent to an activating group) is 1. The van der Waals surface area contributed by atoms with Crippen molar-refractivity contribution in [2.45, 2.75) is 71.4 Å². The minimum atomic E-state index is 0.304. The summed E-state index contributed by atoms with van der Waals surface area (Å²) in [6.45, 7) is 11.2. The molecule has 0 aliphatic heterocycles. The third kappa shape index (κ3) is 2.28. The van der Waals surface area contributed by atoms with Crippen molar-refractivity contribution in [1.29, 1.82) is 0 Å². The van der Waals surface area contributed by atoms with Crippen molar-refractivity contribution in [3.05, 3.63) is 0 Å². The van der Waals surface area contributed by atoms with Crippen molar-refractivity contribution in [3.8, 4) is 0 Å². The van der Waals surface area contributed by atoms with Crippen LogP contribution in [0.3, 0.4) is 0 Å². The normalized spacial score (nSPS) is 32.2. The van der Waals surface area contributed by atoms with Crippen LogP contribution < -0.4 is 5.73 Å². The molecular formula is C14H30N2. The molecule has 0 amide bonds. The fraction of sp³-hybridized carbons (Fsp3) is 1.00. The number of nitrogens with zero attached hydrogens (tertiary/aromatic N) is 1. The van der Waals surface area contributed by atoms with Gasteiger partial charge >= 0.3 is 0 Å². The summed E-state index contributed by atoms with van der Waals surface area (Å²) in [5, 5.41) is 0. The summed E-state index contributed by atoms with van der Waals surface area (Å²) in [5.74, 6) is 0.812. The lowest BCUT2D eigenvalue weighted by atomic mass is 9.82. The molecule has 0 aromatic carbocycles. The van der Waals surface area contributed by atoms with Crippen LogP contribution in [0.2, 0.25) is 0 Å². The molecule has 0 aromatic heterocycles. The van der Waals surface area contributed by atoms with Gasteiger partial charge in [0.2, 0.25) is 0 Å². The van der Waals surface area contributed by atoms with E-state index in [-0.39, 0.29) is 0 Å². The van der Waals surface area contributed by atoms with E-state index in [1.165, 1.54) is 32.1 Å². The Labute approximate surface area is 102 Å². The number of hydrogen-bond acceptors (Lipinski definition) is 2. The van der Waals surface area contributed by atoms with E-state index in [1.807, 2.05) is 0 Å². The first-order chi connectivity index (χ1) is 7.66. The van der Waals surface area contributed by atoms with Crippen LogP contribution >= 0.6 is 0 Å². The minimum Gasteiger partial charge on any atom is -0.329 e. The molecule has 3 unspecified atom stereocenters. The van der Waals surface area contributed by atoms with Crippen molar-refractivity contribution in [1.82, 2.24) is 4.90 Å². The average Bonchev–Trinajstić information content (AvgIpc) is 2.73. The van der Waals surface area contributed by atoms with Crippen LogP contribution in [-0.4, -0.2) is 29.6 Å². The average molecular weight is 226 g/mol. The Balaban J connectivity index is 2.91. The molecule has 2 N–H and O–H groups in total. The van der Waals surface area contributed by atoms with E-state index in [4.69, 9.17) is 5.73 Å². The van der Waals surface area contributed by atoms with E-state index < -0.39 is 0 Å². The molecule has 16 heavy (non-hydrogen) atoms. The second kappa shape index (κ2) is 6.02. The largest absolute Gasteiger partial charge is 0.329 e.